The Hall–Kier alpha value is -0.120. The summed E-state index contributed by atoms with van der Waals surface area (Å²) in [5.74, 6) is 1.75. The van der Waals surface area contributed by atoms with Crippen LogP contribution in [-0.2, 0) is 0 Å². The third kappa shape index (κ3) is 4.19. The Kier molecular flexibility index (Phi) is 6.31. The quantitative estimate of drug-likeness (QED) is 0.807. The fourth-order valence-electron chi connectivity index (χ4n) is 4.08. The van der Waals surface area contributed by atoms with Gasteiger partial charge in [0.25, 0.3) is 0 Å². The highest BCUT2D eigenvalue weighted by Crippen LogP contribution is 2.32. The van der Waals surface area contributed by atoms with E-state index in [2.05, 4.69) is 43.1 Å². The SMILES string of the molecule is CNC1CCC(C(C)C)CC1N(C)CCN1CCCC1. The summed E-state index contributed by atoms with van der Waals surface area (Å²) in [5.41, 5.74) is 0. The second-order valence-corrected chi connectivity index (χ2v) is 7.31. The first-order valence-electron chi connectivity index (χ1n) is 8.71. The van der Waals surface area contributed by atoms with Crippen LogP contribution in [0.1, 0.15) is 46.0 Å². The summed E-state index contributed by atoms with van der Waals surface area (Å²) in [7, 11) is 4.48. The molecule has 3 nitrogen and oxygen atoms in total. The number of likely N-dealkylation sites (tertiary alicyclic amines) is 1. The Bertz CT molecular complexity index is 273. The van der Waals surface area contributed by atoms with Crippen LogP contribution < -0.4 is 5.32 Å². The Morgan fingerprint density at radius 1 is 1.20 bits per heavy atom. The summed E-state index contributed by atoms with van der Waals surface area (Å²) < 4.78 is 0. The Morgan fingerprint density at radius 2 is 1.90 bits per heavy atom. The van der Waals surface area contributed by atoms with Gasteiger partial charge in [-0.05, 0) is 71.1 Å². The van der Waals surface area contributed by atoms with Crippen molar-refractivity contribution in [1.29, 1.82) is 0 Å². The number of hydrogen-bond donors (Lipinski definition) is 1. The Labute approximate surface area is 126 Å². The highest BCUT2D eigenvalue weighted by molar-refractivity contribution is 4.90. The summed E-state index contributed by atoms with van der Waals surface area (Å²) in [6.07, 6.45) is 6.93. The van der Waals surface area contributed by atoms with E-state index in [9.17, 15) is 0 Å². The van der Waals surface area contributed by atoms with E-state index < -0.39 is 0 Å². The predicted molar refractivity (Wildman–Crippen MR) is 87.1 cm³/mol. The molecule has 20 heavy (non-hydrogen) atoms. The highest BCUT2D eigenvalue weighted by atomic mass is 15.2. The van der Waals surface area contributed by atoms with Crippen molar-refractivity contribution < 1.29 is 0 Å². The first-order valence-corrected chi connectivity index (χ1v) is 8.71. The summed E-state index contributed by atoms with van der Waals surface area (Å²) in [6, 6.07) is 1.41. The fraction of sp³-hybridized carbons (Fsp3) is 1.00. The summed E-state index contributed by atoms with van der Waals surface area (Å²) in [5, 5.41) is 3.57. The molecular weight excluding hydrogens is 246 g/mol. The molecule has 1 aliphatic carbocycles. The van der Waals surface area contributed by atoms with Crippen molar-refractivity contribution in [2.75, 3.05) is 40.3 Å². The van der Waals surface area contributed by atoms with Crippen LogP contribution >= 0.6 is 0 Å². The van der Waals surface area contributed by atoms with Gasteiger partial charge in [0.05, 0.1) is 0 Å². The van der Waals surface area contributed by atoms with E-state index in [1.54, 1.807) is 0 Å². The zero-order valence-electron chi connectivity index (χ0n) is 14.1. The molecule has 0 amide bonds. The monoisotopic (exact) mass is 281 g/mol. The first kappa shape index (κ1) is 16.3. The standard InChI is InChI=1S/C17H35N3/c1-14(2)15-7-8-16(18-3)17(13-15)19(4)11-12-20-9-5-6-10-20/h14-18H,5-13H2,1-4H3. The van der Waals surface area contributed by atoms with E-state index in [1.807, 2.05) is 0 Å². The van der Waals surface area contributed by atoms with Gasteiger partial charge in [-0.2, -0.15) is 0 Å². The minimum Gasteiger partial charge on any atom is -0.315 e. The molecule has 3 atom stereocenters. The molecule has 2 rings (SSSR count). The molecule has 0 aromatic carbocycles. The number of nitrogens with one attached hydrogen (secondary N) is 1. The molecule has 0 aromatic rings. The molecular formula is C17H35N3. The van der Waals surface area contributed by atoms with Crippen LogP contribution in [0, 0.1) is 11.8 Å². The number of rotatable bonds is 6. The molecule has 118 valence electrons. The van der Waals surface area contributed by atoms with Gasteiger partial charge < -0.3 is 15.1 Å². The minimum absolute atomic E-state index is 0.688. The third-order valence-corrected chi connectivity index (χ3v) is 5.70. The normalized spacial score (nSPS) is 32.4. The molecule has 1 saturated carbocycles. The topological polar surface area (TPSA) is 18.5 Å². The van der Waals surface area contributed by atoms with Gasteiger partial charge in [0.2, 0.25) is 0 Å². The van der Waals surface area contributed by atoms with Crippen LogP contribution in [0.3, 0.4) is 0 Å². The predicted octanol–water partition coefficient (Wildman–Crippen LogP) is 2.43. The van der Waals surface area contributed by atoms with Gasteiger partial charge in [-0.25, -0.2) is 0 Å². The second kappa shape index (κ2) is 7.77. The number of hydrogen-bond acceptors (Lipinski definition) is 3. The van der Waals surface area contributed by atoms with Crippen molar-refractivity contribution in [3.63, 3.8) is 0 Å². The molecule has 3 heteroatoms. The lowest BCUT2D eigenvalue weighted by Crippen LogP contribution is -2.52. The molecule has 1 aliphatic heterocycles. The third-order valence-electron chi connectivity index (χ3n) is 5.70. The maximum absolute atomic E-state index is 3.57. The smallest absolute Gasteiger partial charge is 0.0249 e. The van der Waals surface area contributed by atoms with Gasteiger partial charge in [0, 0.05) is 25.2 Å². The zero-order valence-corrected chi connectivity index (χ0v) is 14.1. The minimum atomic E-state index is 0.688. The van der Waals surface area contributed by atoms with Gasteiger partial charge in [-0.15, -0.1) is 0 Å². The van der Waals surface area contributed by atoms with Crippen molar-refractivity contribution in [2.24, 2.45) is 11.8 Å². The zero-order chi connectivity index (χ0) is 14.5. The van der Waals surface area contributed by atoms with Gasteiger partial charge in [0.1, 0.15) is 0 Å². The molecule has 1 saturated heterocycles. The van der Waals surface area contributed by atoms with Crippen molar-refractivity contribution in [3.8, 4) is 0 Å². The van der Waals surface area contributed by atoms with Crippen molar-refractivity contribution in [2.45, 2.75) is 58.0 Å². The molecule has 0 spiro atoms. The lowest BCUT2D eigenvalue weighted by Gasteiger charge is -2.42. The largest absolute Gasteiger partial charge is 0.315 e. The van der Waals surface area contributed by atoms with Crippen LogP contribution in [0.15, 0.2) is 0 Å². The maximum atomic E-state index is 3.57. The highest BCUT2D eigenvalue weighted by Gasteiger charge is 2.33. The van der Waals surface area contributed by atoms with Gasteiger partial charge >= 0.3 is 0 Å². The molecule has 0 bridgehead atoms. The van der Waals surface area contributed by atoms with Crippen LogP contribution in [0.4, 0.5) is 0 Å². The molecule has 1 N–H and O–H groups in total. The molecule has 2 fully saturated rings. The van der Waals surface area contributed by atoms with Crippen LogP contribution in [-0.4, -0.2) is 62.2 Å². The van der Waals surface area contributed by atoms with Crippen molar-refractivity contribution in [1.82, 2.24) is 15.1 Å². The Balaban J connectivity index is 1.84. The van der Waals surface area contributed by atoms with Crippen LogP contribution in [0.5, 0.6) is 0 Å². The summed E-state index contributed by atoms with van der Waals surface area (Å²) in [6.45, 7) is 9.92. The maximum Gasteiger partial charge on any atom is 0.0249 e. The molecule has 0 aromatic heterocycles. The van der Waals surface area contributed by atoms with Gasteiger partial charge in [-0.3, -0.25) is 0 Å². The van der Waals surface area contributed by atoms with E-state index in [-0.39, 0.29) is 0 Å². The average molecular weight is 281 g/mol. The van der Waals surface area contributed by atoms with E-state index in [4.69, 9.17) is 0 Å². The van der Waals surface area contributed by atoms with E-state index in [0.717, 1.165) is 17.9 Å². The van der Waals surface area contributed by atoms with Gasteiger partial charge in [-0.1, -0.05) is 13.8 Å². The number of likely N-dealkylation sites (N-methyl/N-ethyl adjacent to an activating group) is 2. The van der Waals surface area contributed by atoms with Crippen LogP contribution in [0.25, 0.3) is 0 Å². The van der Waals surface area contributed by atoms with Crippen molar-refractivity contribution >= 4 is 0 Å². The molecule has 3 unspecified atom stereocenters. The lowest BCUT2D eigenvalue weighted by molar-refractivity contribution is 0.0981. The van der Waals surface area contributed by atoms with E-state index >= 15 is 0 Å². The summed E-state index contributed by atoms with van der Waals surface area (Å²) >= 11 is 0. The summed E-state index contributed by atoms with van der Waals surface area (Å²) in [4.78, 5) is 5.27. The Morgan fingerprint density at radius 3 is 2.50 bits per heavy atom. The van der Waals surface area contributed by atoms with Gasteiger partial charge in [0.15, 0.2) is 0 Å². The second-order valence-electron chi connectivity index (χ2n) is 7.31. The van der Waals surface area contributed by atoms with E-state index in [0.29, 0.717) is 6.04 Å². The molecule has 1 heterocycles. The van der Waals surface area contributed by atoms with Crippen molar-refractivity contribution in [3.05, 3.63) is 0 Å². The average Bonchev–Trinajstić information content (AvgIpc) is 2.97. The van der Waals surface area contributed by atoms with Crippen LogP contribution in [0.2, 0.25) is 0 Å². The van der Waals surface area contributed by atoms with E-state index in [1.165, 1.54) is 58.3 Å². The molecule has 0 radical (unpaired) electrons. The fourth-order valence-corrected chi connectivity index (χ4v) is 4.08. The first-order chi connectivity index (χ1) is 9.61. The lowest BCUT2D eigenvalue weighted by atomic mass is 9.76. The number of nitrogens with zero attached hydrogens (tertiary/aromatic N) is 2. The molecule has 2 aliphatic rings.